The third-order valence-electron chi connectivity index (χ3n) is 6.31. The molecule has 0 unspecified atom stereocenters. The number of pyridine rings is 1. The summed E-state index contributed by atoms with van der Waals surface area (Å²) in [5.41, 5.74) is 7.48. The van der Waals surface area contributed by atoms with Crippen molar-refractivity contribution in [1.82, 2.24) is 25.1 Å². The second-order valence-electron chi connectivity index (χ2n) is 10.2. The van der Waals surface area contributed by atoms with Crippen molar-refractivity contribution in [2.75, 3.05) is 5.32 Å². The summed E-state index contributed by atoms with van der Waals surface area (Å²) in [5, 5.41) is 11.6. The maximum Gasteiger partial charge on any atom is 0.229 e. The number of nitrogens with zero attached hydrogens (tertiary/aromatic N) is 3. The highest BCUT2D eigenvalue weighted by Crippen LogP contribution is 2.32. The Morgan fingerprint density at radius 1 is 1.03 bits per heavy atom. The highest BCUT2D eigenvalue weighted by atomic mass is 16.2. The van der Waals surface area contributed by atoms with E-state index >= 15 is 0 Å². The number of hydrogen-bond donors (Lipinski definition) is 3. The molecule has 5 rings (SSSR count). The van der Waals surface area contributed by atoms with Crippen LogP contribution in [0.15, 0.2) is 85.7 Å². The third kappa shape index (κ3) is 4.91. The van der Waals surface area contributed by atoms with Crippen LogP contribution in [0.4, 0.5) is 5.69 Å². The minimum absolute atomic E-state index is 0.0617. The van der Waals surface area contributed by atoms with E-state index in [4.69, 9.17) is 4.98 Å². The molecule has 7 nitrogen and oxygen atoms in total. The molecule has 0 saturated heterocycles. The lowest BCUT2D eigenvalue weighted by Crippen LogP contribution is -2.27. The molecule has 7 heteroatoms. The second-order valence-corrected chi connectivity index (χ2v) is 10.2. The van der Waals surface area contributed by atoms with Crippen LogP contribution in [0.2, 0.25) is 0 Å². The second kappa shape index (κ2) is 9.94. The van der Waals surface area contributed by atoms with Crippen LogP contribution in [0.5, 0.6) is 0 Å². The van der Waals surface area contributed by atoms with Crippen LogP contribution >= 0.6 is 0 Å². The standard InChI is InChI=1S/C31H30N6O/c1-6-10-24(20-11-8-7-9-12-20)27-19(2)33-29(35-27)28-25-16-21(13-14-26(25)36-37-28)22-15-23(18-32-17-22)34-30(38)31(3,4)5/h6-18H,1H2,2-5H3,(H,33,35)(H,34,38)(H,36,37)/b24-10-. The summed E-state index contributed by atoms with van der Waals surface area (Å²) < 4.78 is 0. The van der Waals surface area contributed by atoms with E-state index in [2.05, 4.69) is 50.3 Å². The zero-order valence-corrected chi connectivity index (χ0v) is 22.0. The largest absolute Gasteiger partial charge is 0.340 e. The van der Waals surface area contributed by atoms with Crippen LogP contribution in [0.1, 0.15) is 37.7 Å². The predicted molar refractivity (Wildman–Crippen MR) is 153 cm³/mol. The van der Waals surface area contributed by atoms with Crippen LogP contribution in [0, 0.1) is 12.3 Å². The minimum atomic E-state index is -0.498. The maximum atomic E-state index is 12.5. The van der Waals surface area contributed by atoms with Crippen LogP contribution in [0.3, 0.4) is 0 Å². The van der Waals surface area contributed by atoms with Gasteiger partial charge in [-0.15, -0.1) is 0 Å². The number of aromatic nitrogens is 5. The van der Waals surface area contributed by atoms with Gasteiger partial charge in [-0.3, -0.25) is 14.9 Å². The van der Waals surface area contributed by atoms with Gasteiger partial charge in [0.05, 0.1) is 23.1 Å². The molecule has 38 heavy (non-hydrogen) atoms. The fourth-order valence-electron chi connectivity index (χ4n) is 4.24. The molecular formula is C31H30N6O. The molecule has 0 saturated carbocycles. The molecule has 0 atom stereocenters. The van der Waals surface area contributed by atoms with E-state index in [0.717, 1.165) is 50.2 Å². The summed E-state index contributed by atoms with van der Waals surface area (Å²) >= 11 is 0. The Kier molecular flexibility index (Phi) is 6.51. The van der Waals surface area contributed by atoms with Crippen LogP contribution in [0.25, 0.3) is 39.1 Å². The Bertz CT molecular complexity index is 1670. The van der Waals surface area contributed by atoms with Gasteiger partial charge in [0.25, 0.3) is 0 Å². The number of allylic oxidation sites excluding steroid dienone is 2. The van der Waals surface area contributed by atoms with Gasteiger partial charge >= 0.3 is 0 Å². The minimum Gasteiger partial charge on any atom is -0.340 e. The number of rotatable bonds is 6. The van der Waals surface area contributed by atoms with E-state index in [9.17, 15) is 4.79 Å². The van der Waals surface area contributed by atoms with Crippen LogP contribution in [-0.4, -0.2) is 31.1 Å². The molecule has 0 aliphatic rings. The van der Waals surface area contributed by atoms with Crippen molar-refractivity contribution in [3.63, 3.8) is 0 Å². The first-order valence-corrected chi connectivity index (χ1v) is 12.4. The summed E-state index contributed by atoms with van der Waals surface area (Å²) in [6, 6.07) is 18.1. The Morgan fingerprint density at radius 3 is 2.55 bits per heavy atom. The Hall–Kier alpha value is -4.78. The van der Waals surface area contributed by atoms with Gasteiger partial charge in [0.15, 0.2) is 5.82 Å². The van der Waals surface area contributed by atoms with Crippen molar-refractivity contribution < 1.29 is 4.79 Å². The van der Waals surface area contributed by atoms with Gasteiger partial charge in [0.2, 0.25) is 5.91 Å². The molecule has 0 bridgehead atoms. The van der Waals surface area contributed by atoms with E-state index in [1.165, 1.54) is 0 Å². The normalized spacial score (nSPS) is 12.1. The highest BCUT2D eigenvalue weighted by molar-refractivity contribution is 5.96. The van der Waals surface area contributed by atoms with Crippen molar-refractivity contribution in [1.29, 1.82) is 0 Å². The number of carbonyl (C=O) groups excluding carboxylic acids is 1. The number of imidazole rings is 1. The molecule has 0 spiro atoms. The molecule has 0 aliphatic heterocycles. The number of hydrogen-bond acceptors (Lipinski definition) is 4. The van der Waals surface area contributed by atoms with Gasteiger partial charge in [0.1, 0.15) is 5.69 Å². The van der Waals surface area contributed by atoms with E-state index < -0.39 is 5.41 Å². The maximum absolute atomic E-state index is 12.5. The number of benzene rings is 2. The number of aromatic amines is 2. The quantitative estimate of drug-likeness (QED) is 0.219. The molecule has 190 valence electrons. The number of carbonyl (C=O) groups is 1. The van der Waals surface area contributed by atoms with Crippen molar-refractivity contribution in [2.24, 2.45) is 5.41 Å². The number of fused-ring (bicyclic) bond motifs is 1. The molecule has 0 fully saturated rings. The molecule has 0 aliphatic carbocycles. The van der Waals surface area contributed by atoms with Crippen LogP contribution in [-0.2, 0) is 4.79 Å². The van der Waals surface area contributed by atoms with Gasteiger partial charge in [-0.1, -0.05) is 75.9 Å². The van der Waals surface area contributed by atoms with Crippen molar-refractivity contribution >= 4 is 28.1 Å². The lowest BCUT2D eigenvalue weighted by Gasteiger charge is -2.17. The van der Waals surface area contributed by atoms with Gasteiger partial charge in [-0.05, 0) is 36.2 Å². The first kappa shape index (κ1) is 24.9. The zero-order chi connectivity index (χ0) is 26.9. The van der Waals surface area contributed by atoms with Crippen molar-refractivity contribution in [2.45, 2.75) is 27.7 Å². The monoisotopic (exact) mass is 502 g/mol. The molecule has 3 heterocycles. The molecule has 2 aromatic carbocycles. The van der Waals surface area contributed by atoms with E-state index in [1.54, 1.807) is 18.5 Å². The molecule has 3 N–H and O–H groups in total. The van der Waals surface area contributed by atoms with Crippen molar-refractivity contribution in [3.8, 4) is 22.6 Å². The topological polar surface area (TPSA) is 99.3 Å². The molecule has 5 aromatic rings. The van der Waals surface area contributed by atoms with Gasteiger partial charge in [0, 0.05) is 33.8 Å². The number of H-pyrrole nitrogens is 2. The number of nitrogens with one attached hydrogen (secondary N) is 3. The average molecular weight is 503 g/mol. The summed E-state index contributed by atoms with van der Waals surface area (Å²) in [7, 11) is 0. The van der Waals surface area contributed by atoms with Gasteiger partial charge < -0.3 is 10.3 Å². The number of amides is 1. The van der Waals surface area contributed by atoms with E-state index in [0.29, 0.717) is 11.5 Å². The summed E-state index contributed by atoms with van der Waals surface area (Å²) in [5.74, 6) is 0.615. The average Bonchev–Trinajstić information content (AvgIpc) is 3.50. The Morgan fingerprint density at radius 2 is 1.82 bits per heavy atom. The number of aryl methyl sites for hydroxylation is 1. The molecule has 0 radical (unpaired) electrons. The summed E-state index contributed by atoms with van der Waals surface area (Å²) in [6.45, 7) is 11.5. The Labute approximate surface area is 221 Å². The Balaban J connectivity index is 1.53. The van der Waals surface area contributed by atoms with Gasteiger partial charge in [-0.25, -0.2) is 4.98 Å². The first-order valence-electron chi connectivity index (χ1n) is 12.4. The van der Waals surface area contributed by atoms with Gasteiger partial charge in [-0.2, -0.15) is 5.10 Å². The zero-order valence-electron chi connectivity index (χ0n) is 22.0. The molecule has 3 aromatic heterocycles. The smallest absolute Gasteiger partial charge is 0.229 e. The van der Waals surface area contributed by atoms with E-state index in [1.807, 2.05) is 70.2 Å². The summed E-state index contributed by atoms with van der Waals surface area (Å²) in [4.78, 5) is 25.2. The lowest BCUT2D eigenvalue weighted by atomic mass is 9.95. The third-order valence-corrected chi connectivity index (χ3v) is 6.31. The molecule has 1 amide bonds. The molecular weight excluding hydrogens is 472 g/mol. The van der Waals surface area contributed by atoms with Crippen molar-refractivity contribution in [3.05, 3.63) is 103 Å². The predicted octanol–water partition coefficient (Wildman–Crippen LogP) is 6.93. The lowest BCUT2D eigenvalue weighted by molar-refractivity contribution is -0.123. The SMILES string of the molecule is C=C/C=C(/c1ccccc1)c1nc(-c2n[nH]c3ccc(-c4cncc(NC(=O)C(C)(C)C)c4)cc23)[nH]c1C. The first-order chi connectivity index (χ1) is 18.2. The van der Waals surface area contributed by atoms with E-state index in [-0.39, 0.29) is 5.91 Å². The number of anilines is 1. The van der Waals surface area contributed by atoms with Crippen LogP contribution < -0.4 is 5.32 Å². The summed E-state index contributed by atoms with van der Waals surface area (Å²) in [6.07, 6.45) is 7.19. The highest BCUT2D eigenvalue weighted by Gasteiger charge is 2.22. The fraction of sp³-hybridized carbons (Fsp3) is 0.161. The fourth-order valence-corrected chi connectivity index (χ4v) is 4.24.